The van der Waals surface area contributed by atoms with Crippen molar-refractivity contribution in [3.63, 3.8) is 0 Å². The van der Waals surface area contributed by atoms with Gasteiger partial charge in [0.05, 0.1) is 5.54 Å². The lowest BCUT2D eigenvalue weighted by molar-refractivity contribution is -0.146. The van der Waals surface area contributed by atoms with E-state index in [0.29, 0.717) is 18.7 Å². The number of carbonyl (C=O) groups is 2. The number of rotatable bonds is 3. The lowest BCUT2D eigenvalue weighted by atomic mass is 9.97. The van der Waals surface area contributed by atoms with Crippen LogP contribution in [0.1, 0.15) is 20.8 Å². The summed E-state index contributed by atoms with van der Waals surface area (Å²) in [7, 11) is 1.79. The molecule has 1 saturated heterocycles. The van der Waals surface area contributed by atoms with Crippen molar-refractivity contribution < 1.29 is 14.7 Å². The highest BCUT2D eigenvalue weighted by atomic mass is 16.4. The Kier molecular flexibility index (Phi) is 3.93. The average Bonchev–Trinajstić information content (AvgIpc) is 2.24. The van der Waals surface area contributed by atoms with Gasteiger partial charge in [-0.05, 0) is 20.8 Å². The number of likely N-dealkylation sites (N-methyl/N-ethyl adjacent to an activating group) is 1. The van der Waals surface area contributed by atoms with E-state index in [1.54, 1.807) is 24.9 Å². The van der Waals surface area contributed by atoms with Gasteiger partial charge in [0.25, 0.3) is 0 Å². The Morgan fingerprint density at radius 3 is 2.59 bits per heavy atom. The van der Waals surface area contributed by atoms with Crippen LogP contribution in [0.5, 0.6) is 0 Å². The van der Waals surface area contributed by atoms with Gasteiger partial charge in [-0.25, -0.2) is 4.79 Å². The van der Waals surface area contributed by atoms with Crippen LogP contribution in [0, 0.1) is 0 Å². The first-order valence-electron chi connectivity index (χ1n) is 5.67. The van der Waals surface area contributed by atoms with Crippen LogP contribution in [0.25, 0.3) is 0 Å². The second kappa shape index (κ2) is 4.87. The number of nitrogens with zero attached hydrogens (tertiary/aromatic N) is 2. The number of carboxylic acid groups (broad SMARTS) is 1. The summed E-state index contributed by atoms with van der Waals surface area (Å²) >= 11 is 0. The van der Waals surface area contributed by atoms with Crippen LogP contribution >= 0.6 is 0 Å². The van der Waals surface area contributed by atoms with Crippen LogP contribution in [0.15, 0.2) is 11.6 Å². The summed E-state index contributed by atoms with van der Waals surface area (Å²) in [6.45, 7) is 7.24. The molecule has 17 heavy (non-hydrogen) atoms. The minimum Gasteiger partial charge on any atom is -0.478 e. The van der Waals surface area contributed by atoms with Crippen LogP contribution in [-0.4, -0.2) is 59.0 Å². The quantitative estimate of drug-likeness (QED) is 0.733. The molecule has 1 rings (SSSR count). The predicted molar refractivity (Wildman–Crippen MR) is 64.7 cm³/mol. The molecule has 1 heterocycles. The van der Waals surface area contributed by atoms with E-state index in [1.165, 1.54) is 0 Å². The third kappa shape index (κ3) is 2.85. The molecule has 0 unspecified atom stereocenters. The zero-order valence-electron chi connectivity index (χ0n) is 10.9. The number of carboxylic acids is 1. The number of hydrogen-bond acceptors (Lipinski definition) is 3. The van der Waals surface area contributed by atoms with Crippen LogP contribution in [0.3, 0.4) is 0 Å². The van der Waals surface area contributed by atoms with E-state index in [2.05, 4.69) is 0 Å². The Hall–Kier alpha value is -1.36. The molecule has 5 nitrogen and oxygen atoms in total. The largest absolute Gasteiger partial charge is 0.478 e. The molecule has 0 aromatic rings. The Morgan fingerprint density at radius 1 is 1.47 bits per heavy atom. The van der Waals surface area contributed by atoms with Gasteiger partial charge in [0.15, 0.2) is 0 Å². The van der Waals surface area contributed by atoms with Gasteiger partial charge in [-0.2, -0.15) is 0 Å². The number of aliphatic carboxylic acids is 1. The molecule has 1 aliphatic heterocycles. The maximum Gasteiger partial charge on any atom is 0.330 e. The fraction of sp³-hybridized carbons (Fsp3) is 0.667. The van der Waals surface area contributed by atoms with Gasteiger partial charge in [-0.1, -0.05) is 6.08 Å². The highest BCUT2D eigenvalue weighted by Crippen LogP contribution is 2.21. The summed E-state index contributed by atoms with van der Waals surface area (Å²) in [5.41, 5.74) is -0.255. The third-order valence-corrected chi connectivity index (χ3v) is 3.32. The van der Waals surface area contributed by atoms with E-state index in [4.69, 9.17) is 5.11 Å². The smallest absolute Gasteiger partial charge is 0.330 e. The van der Waals surface area contributed by atoms with Gasteiger partial charge in [-0.15, -0.1) is 0 Å². The molecule has 1 aliphatic rings. The maximum atomic E-state index is 12.0. The first-order valence-corrected chi connectivity index (χ1v) is 5.67. The zero-order chi connectivity index (χ0) is 13.2. The van der Waals surface area contributed by atoms with Gasteiger partial charge in [0.2, 0.25) is 5.91 Å². The van der Waals surface area contributed by atoms with Gasteiger partial charge in [0.1, 0.15) is 0 Å². The second-order valence-corrected chi connectivity index (χ2v) is 4.92. The first kappa shape index (κ1) is 13.7. The van der Waals surface area contributed by atoms with Crippen molar-refractivity contribution >= 4 is 11.9 Å². The van der Waals surface area contributed by atoms with Gasteiger partial charge < -0.3 is 10.0 Å². The minimum atomic E-state index is -0.914. The molecule has 0 radical (unpaired) electrons. The summed E-state index contributed by atoms with van der Waals surface area (Å²) < 4.78 is 0. The van der Waals surface area contributed by atoms with Crippen LogP contribution in [-0.2, 0) is 9.59 Å². The monoisotopic (exact) mass is 240 g/mol. The van der Waals surface area contributed by atoms with Gasteiger partial charge >= 0.3 is 5.97 Å². The first-order chi connectivity index (χ1) is 7.76. The van der Waals surface area contributed by atoms with Gasteiger partial charge in [-0.3, -0.25) is 9.69 Å². The van der Waals surface area contributed by atoms with Crippen LogP contribution in [0.2, 0.25) is 0 Å². The van der Waals surface area contributed by atoms with E-state index in [-0.39, 0.29) is 5.91 Å². The summed E-state index contributed by atoms with van der Waals surface area (Å²) in [6.07, 6.45) is 1.66. The van der Waals surface area contributed by atoms with E-state index in [9.17, 15) is 9.59 Å². The Labute approximate surface area is 102 Å². The van der Waals surface area contributed by atoms with E-state index < -0.39 is 11.5 Å². The summed E-state index contributed by atoms with van der Waals surface area (Å²) in [5, 5.41) is 8.77. The third-order valence-electron chi connectivity index (χ3n) is 3.32. The molecule has 0 aliphatic carbocycles. The Morgan fingerprint density at radius 2 is 2.06 bits per heavy atom. The molecule has 0 bridgehead atoms. The van der Waals surface area contributed by atoms with E-state index in [0.717, 1.165) is 6.54 Å². The predicted octanol–water partition coefficient (Wildman–Crippen LogP) is 0.570. The molecule has 96 valence electrons. The average molecular weight is 240 g/mol. The normalized spacial score (nSPS) is 21.8. The Bertz CT molecular complexity index is 361. The van der Waals surface area contributed by atoms with Gasteiger partial charge in [0, 0.05) is 32.3 Å². The van der Waals surface area contributed by atoms with Crippen molar-refractivity contribution in [3.05, 3.63) is 11.6 Å². The van der Waals surface area contributed by atoms with E-state index in [1.807, 2.05) is 18.7 Å². The van der Waals surface area contributed by atoms with Crippen molar-refractivity contribution in [1.82, 2.24) is 9.80 Å². The Balaban J connectivity index is 2.76. The van der Waals surface area contributed by atoms with Crippen molar-refractivity contribution in [2.45, 2.75) is 26.3 Å². The SMILES string of the molecule is CC(=CCN1CCN(C)C(=O)C1(C)C)C(=O)O. The maximum absolute atomic E-state index is 12.0. The summed E-state index contributed by atoms with van der Waals surface area (Å²) in [4.78, 5) is 26.4. The molecule has 1 N–H and O–H groups in total. The zero-order valence-corrected chi connectivity index (χ0v) is 10.9. The van der Waals surface area contributed by atoms with Crippen molar-refractivity contribution in [2.24, 2.45) is 0 Å². The minimum absolute atomic E-state index is 0.0742. The number of hydrogen-bond donors (Lipinski definition) is 1. The van der Waals surface area contributed by atoms with Crippen molar-refractivity contribution in [2.75, 3.05) is 26.7 Å². The number of carbonyl (C=O) groups excluding carboxylic acids is 1. The lowest BCUT2D eigenvalue weighted by Crippen LogP contribution is -2.61. The molecule has 0 aromatic carbocycles. The highest BCUT2D eigenvalue weighted by molar-refractivity contribution is 5.87. The van der Waals surface area contributed by atoms with Crippen LogP contribution < -0.4 is 0 Å². The molecular weight excluding hydrogens is 220 g/mol. The fourth-order valence-corrected chi connectivity index (χ4v) is 1.91. The molecule has 5 heteroatoms. The molecular formula is C12H20N2O3. The summed E-state index contributed by atoms with van der Waals surface area (Å²) in [6, 6.07) is 0. The molecule has 0 spiro atoms. The highest BCUT2D eigenvalue weighted by Gasteiger charge is 2.39. The molecule has 0 aromatic heterocycles. The van der Waals surface area contributed by atoms with Crippen molar-refractivity contribution in [3.8, 4) is 0 Å². The fourth-order valence-electron chi connectivity index (χ4n) is 1.91. The molecule has 0 atom stereocenters. The van der Waals surface area contributed by atoms with Crippen molar-refractivity contribution in [1.29, 1.82) is 0 Å². The molecule has 1 amide bonds. The topological polar surface area (TPSA) is 60.9 Å². The molecule has 1 fully saturated rings. The second-order valence-electron chi connectivity index (χ2n) is 4.92. The summed E-state index contributed by atoms with van der Waals surface area (Å²) in [5.74, 6) is -0.839. The van der Waals surface area contributed by atoms with Crippen LogP contribution in [0.4, 0.5) is 0 Å². The van der Waals surface area contributed by atoms with E-state index >= 15 is 0 Å². The standard InChI is InChI=1S/C12H20N2O3/c1-9(10(15)16)5-6-14-8-7-13(4)11(17)12(14,2)3/h5H,6-8H2,1-4H3,(H,15,16). The molecule has 0 saturated carbocycles. The number of amides is 1. The number of piperazine rings is 1. The lowest BCUT2D eigenvalue weighted by Gasteiger charge is -2.44.